The van der Waals surface area contributed by atoms with E-state index in [2.05, 4.69) is 35.0 Å². The Kier molecular flexibility index (Phi) is 3.88. The molecule has 0 unspecified atom stereocenters. The third kappa shape index (κ3) is 2.55. The first-order chi connectivity index (χ1) is 9.40. The summed E-state index contributed by atoms with van der Waals surface area (Å²) in [6.45, 7) is 0.778. The van der Waals surface area contributed by atoms with Crippen molar-refractivity contribution in [3.8, 4) is 0 Å². The minimum atomic E-state index is 0.713. The SMILES string of the molecule is NCCCc1cccc2ccn(C3CCCCC3)c12. The van der Waals surface area contributed by atoms with Crippen LogP contribution in [0.3, 0.4) is 0 Å². The first-order valence-corrected chi connectivity index (χ1v) is 7.68. The smallest absolute Gasteiger partial charge is 0.0515 e. The van der Waals surface area contributed by atoms with Crippen LogP contribution in [0, 0.1) is 0 Å². The van der Waals surface area contributed by atoms with E-state index in [1.54, 1.807) is 0 Å². The van der Waals surface area contributed by atoms with Gasteiger partial charge in [-0.15, -0.1) is 0 Å². The highest BCUT2D eigenvalue weighted by Gasteiger charge is 2.17. The van der Waals surface area contributed by atoms with E-state index in [-0.39, 0.29) is 0 Å². The maximum absolute atomic E-state index is 5.67. The van der Waals surface area contributed by atoms with Crippen molar-refractivity contribution in [2.45, 2.75) is 51.0 Å². The summed E-state index contributed by atoms with van der Waals surface area (Å²) in [5.41, 5.74) is 8.60. The van der Waals surface area contributed by atoms with Gasteiger partial charge in [-0.2, -0.15) is 0 Å². The number of rotatable bonds is 4. The summed E-state index contributed by atoms with van der Waals surface area (Å²) >= 11 is 0. The molecule has 3 rings (SSSR count). The van der Waals surface area contributed by atoms with E-state index in [4.69, 9.17) is 5.73 Å². The predicted molar refractivity (Wildman–Crippen MR) is 81.4 cm³/mol. The summed E-state index contributed by atoms with van der Waals surface area (Å²) in [5, 5.41) is 1.39. The summed E-state index contributed by atoms with van der Waals surface area (Å²) in [7, 11) is 0. The number of aryl methyl sites for hydroxylation is 1. The van der Waals surface area contributed by atoms with Gasteiger partial charge in [0.25, 0.3) is 0 Å². The van der Waals surface area contributed by atoms with Crippen LogP contribution >= 0.6 is 0 Å². The molecule has 1 aromatic carbocycles. The second-order valence-corrected chi connectivity index (χ2v) is 5.76. The number of aromatic nitrogens is 1. The summed E-state index contributed by atoms with van der Waals surface area (Å²) in [6, 6.07) is 9.68. The van der Waals surface area contributed by atoms with Gasteiger partial charge in [0.15, 0.2) is 0 Å². The molecular formula is C17H24N2. The third-order valence-electron chi connectivity index (χ3n) is 4.44. The van der Waals surface area contributed by atoms with Crippen molar-refractivity contribution in [2.75, 3.05) is 6.54 Å². The van der Waals surface area contributed by atoms with Crippen molar-refractivity contribution in [1.29, 1.82) is 0 Å². The molecule has 0 aliphatic heterocycles. The van der Waals surface area contributed by atoms with Gasteiger partial charge in [0.05, 0.1) is 5.52 Å². The zero-order valence-electron chi connectivity index (χ0n) is 11.6. The number of hydrogen-bond acceptors (Lipinski definition) is 1. The summed E-state index contributed by atoms with van der Waals surface area (Å²) in [6.07, 6.45) is 11.3. The first kappa shape index (κ1) is 12.7. The van der Waals surface area contributed by atoms with Crippen LogP contribution in [-0.2, 0) is 6.42 Å². The number of hydrogen-bond donors (Lipinski definition) is 1. The molecule has 1 fully saturated rings. The van der Waals surface area contributed by atoms with Gasteiger partial charge in [-0.1, -0.05) is 37.5 Å². The molecule has 1 heterocycles. The number of para-hydroxylation sites is 1. The monoisotopic (exact) mass is 256 g/mol. The lowest BCUT2D eigenvalue weighted by Gasteiger charge is -2.25. The van der Waals surface area contributed by atoms with Gasteiger partial charge in [0.1, 0.15) is 0 Å². The fourth-order valence-corrected chi connectivity index (χ4v) is 3.45. The molecule has 2 aromatic rings. The van der Waals surface area contributed by atoms with Crippen LogP contribution in [0.25, 0.3) is 10.9 Å². The number of nitrogens with two attached hydrogens (primary N) is 1. The highest BCUT2D eigenvalue weighted by atomic mass is 15.0. The molecule has 2 N–H and O–H groups in total. The molecule has 0 bridgehead atoms. The molecule has 1 aliphatic rings. The van der Waals surface area contributed by atoms with Gasteiger partial charge >= 0.3 is 0 Å². The van der Waals surface area contributed by atoms with Crippen LogP contribution in [-0.4, -0.2) is 11.1 Å². The normalized spacial score (nSPS) is 17.1. The first-order valence-electron chi connectivity index (χ1n) is 7.68. The van der Waals surface area contributed by atoms with Gasteiger partial charge in [0.2, 0.25) is 0 Å². The van der Waals surface area contributed by atoms with Gasteiger partial charge in [-0.05, 0) is 49.2 Å². The molecule has 0 radical (unpaired) electrons. The van der Waals surface area contributed by atoms with E-state index in [1.165, 1.54) is 48.6 Å². The Balaban J connectivity index is 1.99. The topological polar surface area (TPSA) is 30.9 Å². The minimum absolute atomic E-state index is 0.713. The highest BCUT2D eigenvalue weighted by molar-refractivity contribution is 5.83. The van der Waals surface area contributed by atoms with E-state index in [0.29, 0.717) is 6.04 Å². The fourth-order valence-electron chi connectivity index (χ4n) is 3.45. The van der Waals surface area contributed by atoms with Crippen LogP contribution < -0.4 is 5.73 Å². The fraction of sp³-hybridized carbons (Fsp3) is 0.529. The molecule has 0 saturated heterocycles. The lowest BCUT2D eigenvalue weighted by Crippen LogP contribution is -2.12. The Morgan fingerprint density at radius 3 is 2.74 bits per heavy atom. The molecule has 1 aromatic heterocycles. The molecule has 2 heteroatoms. The molecule has 19 heavy (non-hydrogen) atoms. The molecule has 1 saturated carbocycles. The Hall–Kier alpha value is -1.28. The predicted octanol–water partition coefficient (Wildman–Crippen LogP) is 4.04. The van der Waals surface area contributed by atoms with Crippen LogP contribution in [0.4, 0.5) is 0 Å². The lowest BCUT2D eigenvalue weighted by molar-refractivity contribution is 0.360. The summed E-state index contributed by atoms with van der Waals surface area (Å²) in [4.78, 5) is 0. The Labute approximate surface area is 115 Å². The van der Waals surface area contributed by atoms with E-state index in [9.17, 15) is 0 Å². The molecule has 1 aliphatic carbocycles. The number of fused-ring (bicyclic) bond motifs is 1. The highest BCUT2D eigenvalue weighted by Crippen LogP contribution is 2.33. The maximum atomic E-state index is 5.67. The largest absolute Gasteiger partial charge is 0.344 e. The molecule has 102 valence electrons. The minimum Gasteiger partial charge on any atom is -0.344 e. The second-order valence-electron chi connectivity index (χ2n) is 5.76. The molecular weight excluding hydrogens is 232 g/mol. The van der Waals surface area contributed by atoms with E-state index in [0.717, 1.165) is 19.4 Å². The van der Waals surface area contributed by atoms with Crippen molar-refractivity contribution in [2.24, 2.45) is 5.73 Å². The van der Waals surface area contributed by atoms with Crippen LogP contribution in [0.1, 0.15) is 50.1 Å². The van der Waals surface area contributed by atoms with Gasteiger partial charge in [-0.3, -0.25) is 0 Å². The molecule has 0 spiro atoms. The van der Waals surface area contributed by atoms with Crippen molar-refractivity contribution < 1.29 is 0 Å². The van der Waals surface area contributed by atoms with Crippen LogP contribution in [0.15, 0.2) is 30.5 Å². The van der Waals surface area contributed by atoms with Crippen molar-refractivity contribution in [3.05, 3.63) is 36.0 Å². The zero-order valence-corrected chi connectivity index (χ0v) is 11.6. The van der Waals surface area contributed by atoms with E-state index < -0.39 is 0 Å². The van der Waals surface area contributed by atoms with Gasteiger partial charge in [-0.25, -0.2) is 0 Å². The number of nitrogens with zero attached hydrogens (tertiary/aromatic N) is 1. The Bertz CT molecular complexity index is 535. The summed E-state index contributed by atoms with van der Waals surface area (Å²) < 4.78 is 2.54. The van der Waals surface area contributed by atoms with Crippen LogP contribution in [0.2, 0.25) is 0 Å². The molecule has 0 atom stereocenters. The van der Waals surface area contributed by atoms with Gasteiger partial charge in [0, 0.05) is 12.2 Å². The Morgan fingerprint density at radius 2 is 1.95 bits per heavy atom. The molecule has 0 amide bonds. The standard InChI is InChI=1S/C17H24N2/c18-12-5-8-14-6-4-7-15-11-13-19(17(14)15)16-9-2-1-3-10-16/h4,6-7,11,13,16H,1-3,5,8-10,12,18H2. The van der Waals surface area contributed by atoms with E-state index >= 15 is 0 Å². The van der Waals surface area contributed by atoms with Crippen molar-refractivity contribution in [1.82, 2.24) is 4.57 Å². The van der Waals surface area contributed by atoms with E-state index in [1.807, 2.05) is 0 Å². The quantitative estimate of drug-likeness (QED) is 0.879. The van der Waals surface area contributed by atoms with Gasteiger partial charge < -0.3 is 10.3 Å². The van der Waals surface area contributed by atoms with Crippen LogP contribution in [0.5, 0.6) is 0 Å². The lowest BCUT2D eigenvalue weighted by atomic mass is 9.95. The average Bonchev–Trinajstić information content (AvgIpc) is 2.90. The summed E-state index contributed by atoms with van der Waals surface area (Å²) in [5.74, 6) is 0. The Morgan fingerprint density at radius 1 is 1.11 bits per heavy atom. The third-order valence-corrected chi connectivity index (χ3v) is 4.44. The van der Waals surface area contributed by atoms with Crippen molar-refractivity contribution >= 4 is 10.9 Å². The maximum Gasteiger partial charge on any atom is 0.0515 e. The average molecular weight is 256 g/mol. The second kappa shape index (κ2) is 5.79. The zero-order chi connectivity index (χ0) is 13.1. The van der Waals surface area contributed by atoms with Crippen molar-refractivity contribution in [3.63, 3.8) is 0 Å². The molecule has 2 nitrogen and oxygen atoms in total. The number of benzene rings is 1.